The largest absolute Gasteiger partial charge is 0.472 e. The van der Waals surface area contributed by atoms with Crippen LogP contribution in [-0.2, 0) is 9.53 Å². The molecule has 1 aromatic carbocycles. The molecule has 3 nitrogen and oxygen atoms in total. The van der Waals surface area contributed by atoms with Crippen LogP contribution >= 0.6 is 11.6 Å². The minimum Gasteiger partial charge on any atom is -0.472 e. The number of rotatable bonds is 3. The molecule has 0 atom stereocenters. The lowest BCUT2D eigenvalue weighted by molar-refractivity contribution is -0.139. The van der Waals surface area contributed by atoms with Crippen LogP contribution in [0.25, 0.3) is 0 Å². The Hall–Kier alpha value is -1.73. The van der Waals surface area contributed by atoms with Crippen molar-refractivity contribution >= 4 is 17.6 Å². The molecule has 0 heterocycles. The third-order valence-electron chi connectivity index (χ3n) is 2.00. The molecule has 0 saturated carbocycles. The molecule has 0 aliphatic rings. The van der Waals surface area contributed by atoms with E-state index in [4.69, 9.17) is 16.3 Å². The number of esters is 1. The molecule has 0 unspecified atom stereocenters. The van der Waals surface area contributed by atoms with Crippen molar-refractivity contribution < 1.29 is 18.7 Å². The van der Waals surface area contributed by atoms with E-state index in [1.165, 1.54) is 25.1 Å². The summed E-state index contributed by atoms with van der Waals surface area (Å²) in [4.78, 5) is 10.6. The highest BCUT2D eigenvalue weighted by Crippen LogP contribution is 2.24. The maximum absolute atomic E-state index is 13.5. The molecular weight excluding hydrogens is 295 g/mol. The average Bonchev–Trinajstić information content (AvgIpc) is 2.40. The second-order valence-electron chi connectivity index (χ2n) is 4.27. The van der Waals surface area contributed by atoms with E-state index in [1.807, 2.05) is 13.8 Å². The van der Waals surface area contributed by atoms with Gasteiger partial charge in [0.15, 0.2) is 23.8 Å². The van der Waals surface area contributed by atoms with E-state index in [0.29, 0.717) is 5.02 Å². The zero-order chi connectivity index (χ0) is 16.5. The highest BCUT2D eigenvalue weighted by molar-refractivity contribution is 6.30. The van der Waals surface area contributed by atoms with Crippen LogP contribution in [0.3, 0.4) is 0 Å². The quantitative estimate of drug-likeness (QED) is 0.618. The van der Waals surface area contributed by atoms with Gasteiger partial charge in [-0.15, -0.1) is 0 Å². The van der Waals surface area contributed by atoms with Crippen LogP contribution in [0.2, 0.25) is 5.02 Å². The molecule has 21 heavy (non-hydrogen) atoms. The maximum Gasteiger partial charge on any atom is 0.303 e. The van der Waals surface area contributed by atoms with Crippen LogP contribution in [0.15, 0.2) is 18.2 Å². The second-order valence-corrected chi connectivity index (χ2v) is 4.71. The normalized spacial score (nSPS) is 9.67. The van der Waals surface area contributed by atoms with Crippen LogP contribution in [0.5, 0.6) is 5.75 Å². The topological polar surface area (TPSA) is 35.5 Å². The van der Waals surface area contributed by atoms with Gasteiger partial charge in [0.2, 0.25) is 0 Å². The van der Waals surface area contributed by atoms with Crippen LogP contribution in [-0.4, -0.2) is 18.2 Å². The van der Waals surface area contributed by atoms with Gasteiger partial charge in [-0.2, -0.15) is 0 Å². The smallest absolute Gasteiger partial charge is 0.303 e. The van der Waals surface area contributed by atoms with Gasteiger partial charge in [-0.3, -0.25) is 4.79 Å². The summed E-state index contributed by atoms with van der Waals surface area (Å²) in [7, 11) is 0. The predicted molar refractivity (Wildman–Crippen MR) is 81.9 cm³/mol. The van der Waals surface area contributed by atoms with Crippen LogP contribution < -0.4 is 4.74 Å². The molecular formula is C16H20ClFO3. The van der Waals surface area contributed by atoms with Gasteiger partial charge in [-0.25, -0.2) is 4.39 Å². The van der Waals surface area contributed by atoms with Crippen LogP contribution in [0.4, 0.5) is 4.39 Å². The Balaban J connectivity index is 0.00000191. The first-order valence-corrected chi connectivity index (χ1v) is 6.95. The van der Waals surface area contributed by atoms with Crippen LogP contribution in [0.1, 0.15) is 34.6 Å². The molecule has 1 rings (SSSR count). The summed E-state index contributed by atoms with van der Waals surface area (Å²) in [5.41, 5.74) is -0.908. The first-order valence-electron chi connectivity index (χ1n) is 6.57. The lowest BCUT2D eigenvalue weighted by atomic mass is 10.1. The third-order valence-corrected chi connectivity index (χ3v) is 2.23. The van der Waals surface area contributed by atoms with Gasteiger partial charge in [0.05, 0.1) is 0 Å². The Morgan fingerprint density at radius 3 is 2.52 bits per heavy atom. The van der Waals surface area contributed by atoms with E-state index < -0.39 is 17.4 Å². The molecule has 0 aliphatic carbocycles. The second kappa shape index (κ2) is 9.25. The first kappa shape index (κ1) is 19.3. The summed E-state index contributed by atoms with van der Waals surface area (Å²) in [6.07, 6.45) is 0. The Kier molecular flexibility index (Phi) is 8.49. The molecule has 0 aromatic heterocycles. The van der Waals surface area contributed by atoms with Gasteiger partial charge in [0.25, 0.3) is 0 Å². The van der Waals surface area contributed by atoms with Crippen molar-refractivity contribution in [2.75, 3.05) is 6.61 Å². The van der Waals surface area contributed by atoms with E-state index in [-0.39, 0.29) is 12.4 Å². The summed E-state index contributed by atoms with van der Waals surface area (Å²) in [5.74, 6) is 4.50. The molecule has 116 valence electrons. The summed E-state index contributed by atoms with van der Waals surface area (Å²) in [6.45, 7) is 8.64. The standard InChI is InChI=1S/C14H14ClFO3.C2H6/c1-10(17)18-8-4-7-14(2,3)19-13-6-5-11(15)9-12(13)16;1-2/h5-6,9H,8H2,1-3H3;1-2H3. The fraction of sp³-hybridized carbons (Fsp3) is 0.438. The summed E-state index contributed by atoms with van der Waals surface area (Å²) in [6, 6.07) is 4.13. The van der Waals surface area contributed by atoms with Crippen molar-refractivity contribution in [3.05, 3.63) is 29.0 Å². The Morgan fingerprint density at radius 2 is 2.00 bits per heavy atom. The van der Waals surface area contributed by atoms with E-state index in [2.05, 4.69) is 16.6 Å². The highest BCUT2D eigenvalue weighted by atomic mass is 35.5. The number of hydrogen-bond donors (Lipinski definition) is 0. The molecule has 0 saturated heterocycles. The van der Waals surface area contributed by atoms with Gasteiger partial charge in [-0.1, -0.05) is 37.3 Å². The molecule has 0 fully saturated rings. The van der Waals surface area contributed by atoms with Crippen LogP contribution in [0, 0.1) is 17.7 Å². The molecule has 0 amide bonds. The van der Waals surface area contributed by atoms with Gasteiger partial charge in [0.1, 0.15) is 0 Å². The van der Waals surface area contributed by atoms with E-state index in [1.54, 1.807) is 13.8 Å². The van der Waals surface area contributed by atoms with Crippen molar-refractivity contribution in [3.63, 3.8) is 0 Å². The molecule has 1 aromatic rings. The fourth-order valence-corrected chi connectivity index (χ4v) is 1.40. The minimum atomic E-state index is -0.908. The zero-order valence-corrected chi connectivity index (χ0v) is 13.7. The third kappa shape index (κ3) is 8.21. The monoisotopic (exact) mass is 314 g/mol. The van der Waals surface area contributed by atoms with Gasteiger partial charge in [0, 0.05) is 11.9 Å². The zero-order valence-electron chi connectivity index (χ0n) is 12.9. The summed E-state index contributed by atoms with van der Waals surface area (Å²) in [5, 5.41) is 0.295. The number of hydrogen-bond acceptors (Lipinski definition) is 3. The SMILES string of the molecule is CC.CC(=O)OCC#CC(C)(C)Oc1ccc(Cl)cc1F. The lowest BCUT2D eigenvalue weighted by Crippen LogP contribution is -2.26. The average molecular weight is 315 g/mol. The van der Waals surface area contributed by atoms with Gasteiger partial charge < -0.3 is 9.47 Å². The molecule has 0 bridgehead atoms. The first-order chi connectivity index (χ1) is 9.80. The molecule has 0 aliphatic heterocycles. The Bertz CT molecular complexity index is 530. The molecule has 0 N–H and O–H groups in total. The van der Waals surface area contributed by atoms with E-state index in [9.17, 15) is 9.18 Å². The Labute approximate surface area is 130 Å². The van der Waals surface area contributed by atoms with Crippen molar-refractivity contribution in [1.29, 1.82) is 0 Å². The van der Waals surface area contributed by atoms with Crippen molar-refractivity contribution in [3.8, 4) is 17.6 Å². The lowest BCUT2D eigenvalue weighted by Gasteiger charge is -2.20. The maximum atomic E-state index is 13.5. The molecule has 0 spiro atoms. The van der Waals surface area contributed by atoms with Crippen molar-refractivity contribution in [2.45, 2.75) is 40.2 Å². The van der Waals surface area contributed by atoms with Gasteiger partial charge in [-0.05, 0) is 32.0 Å². The van der Waals surface area contributed by atoms with Crippen molar-refractivity contribution in [1.82, 2.24) is 0 Å². The number of carbonyl (C=O) groups excluding carboxylic acids is 1. The number of benzene rings is 1. The highest BCUT2D eigenvalue weighted by Gasteiger charge is 2.18. The van der Waals surface area contributed by atoms with E-state index in [0.717, 1.165) is 0 Å². The number of halogens is 2. The van der Waals surface area contributed by atoms with Crippen molar-refractivity contribution in [2.24, 2.45) is 0 Å². The summed E-state index contributed by atoms with van der Waals surface area (Å²) < 4.78 is 23.7. The van der Waals surface area contributed by atoms with Gasteiger partial charge >= 0.3 is 5.97 Å². The molecule has 0 radical (unpaired) electrons. The number of carbonyl (C=O) groups is 1. The molecule has 5 heteroatoms. The minimum absolute atomic E-state index is 0.0226. The number of ether oxygens (including phenoxy) is 2. The van der Waals surface area contributed by atoms with E-state index >= 15 is 0 Å². The predicted octanol–water partition coefficient (Wildman–Crippen LogP) is 4.23. The Morgan fingerprint density at radius 1 is 1.38 bits per heavy atom. The fourth-order valence-electron chi connectivity index (χ4n) is 1.25. The summed E-state index contributed by atoms with van der Waals surface area (Å²) >= 11 is 5.65.